The summed E-state index contributed by atoms with van der Waals surface area (Å²) in [7, 11) is 3.20. The number of hydrogen-bond donors (Lipinski definition) is 0. The van der Waals surface area contributed by atoms with Crippen molar-refractivity contribution in [3.05, 3.63) is 64.7 Å². The van der Waals surface area contributed by atoms with Crippen molar-refractivity contribution in [2.45, 2.75) is 39.7 Å². The van der Waals surface area contributed by atoms with Crippen LogP contribution >= 0.6 is 11.6 Å². The van der Waals surface area contributed by atoms with Crippen LogP contribution in [0.2, 0.25) is 0 Å². The number of para-hydroxylation sites is 3. The number of halogens is 1. The number of ether oxygens (including phenoxy) is 2. The summed E-state index contributed by atoms with van der Waals surface area (Å²) in [6, 6.07) is 14.1. The Bertz CT molecular complexity index is 1220. The van der Waals surface area contributed by atoms with Gasteiger partial charge in [0.2, 0.25) is 5.91 Å². The second-order valence-corrected chi connectivity index (χ2v) is 9.35. The molecule has 2 aromatic carbocycles. The monoisotopic (exact) mass is 499 g/mol. The maximum absolute atomic E-state index is 13.9. The molecule has 0 fully saturated rings. The van der Waals surface area contributed by atoms with Crippen molar-refractivity contribution in [2.24, 2.45) is 5.41 Å². The van der Waals surface area contributed by atoms with Crippen molar-refractivity contribution in [2.75, 3.05) is 33.3 Å². The third kappa shape index (κ3) is 5.52. The number of alkyl halides is 1. The van der Waals surface area contributed by atoms with E-state index < -0.39 is 11.5 Å². The number of benzene rings is 2. The summed E-state index contributed by atoms with van der Waals surface area (Å²) in [4.78, 5) is 34.4. The van der Waals surface area contributed by atoms with Gasteiger partial charge in [0.25, 0.3) is 5.56 Å². The summed E-state index contributed by atoms with van der Waals surface area (Å²) >= 11 is 6.20. The average molecular weight is 500 g/mol. The van der Waals surface area contributed by atoms with E-state index in [1.165, 1.54) is 0 Å². The Kier molecular flexibility index (Phi) is 8.92. The molecule has 0 radical (unpaired) electrons. The van der Waals surface area contributed by atoms with Crippen LogP contribution in [-0.2, 0) is 9.53 Å². The van der Waals surface area contributed by atoms with Gasteiger partial charge in [0.05, 0.1) is 35.2 Å². The van der Waals surface area contributed by atoms with E-state index in [4.69, 9.17) is 26.1 Å². The lowest BCUT2D eigenvalue weighted by Gasteiger charge is -2.37. The van der Waals surface area contributed by atoms with Gasteiger partial charge in [-0.2, -0.15) is 0 Å². The highest BCUT2D eigenvalue weighted by molar-refractivity contribution is 6.19. The highest BCUT2D eigenvalue weighted by Crippen LogP contribution is 2.32. The maximum atomic E-state index is 13.9. The Morgan fingerprint density at radius 2 is 1.83 bits per heavy atom. The molecule has 0 bridgehead atoms. The minimum absolute atomic E-state index is 0.0931. The van der Waals surface area contributed by atoms with Crippen LogP contribution in [0.25, 0.3) is 16.6 Å². The van der Waals surface area contributed by atoms with E-state index in [0.717, 1.165) is 0 Å². The van der Waals surface area contributed by atoms with Crippen LogP contribution in [0, 0.1) is 5.41 Å². The van der Waals surface area contributed by atoms with Crippen LogP contribution < -0.4 is 10.3 Å². The minimum atomic E-state index is -0.783. The molecule has 35 heavy (non-hydrogen) atoms. The fourth-order valence-electron chi connectivity index (χ4n) is 4.19. The lowest BCUT2D eigenvalue weighted by molar-refractivity contribution is -0.142. The van der Waals surface area contributed by atoms with Gasteiger partial charge in [0.1, 0.15) is 11.6 Å². The molecular weight excluding hydrogens is 466 g/mol. The Morgan fingerprint density at radius 3 is 2.49 bits per heavy atom. The summed E-state index contributed by atoms with van der Waals surface area (Å²) in [5.74, 6) is 1.11. The number of rotatable bonds is 11. The van der Waals surface area contributed by atoms with E-state index in [2.05, 4.69) is 0 Å². The first kappa shape index (κ1) is 26.7. The molecule has 3 rings (SSSR count). The highest BCUT2D eigenvalue weighted by Gasteiger charge is 2.37. The van der Waals surface area contributed by atoms with Crippen LogP contribution in [0.1, 0.15) is 45.5 Å². The fourth-order valence-corrected chi connectivity index (χ4v) is 4.30. The Labute approximate surface area is 211 Å². The minimum Gasteiger partial charge on any atom is -0.495 e. The molecule has 3 aromatic rings. The number of carbonyl (C=O) groups is 1. The van der Waals surface area contributed by atoms with Crippen LogP contribution in [0.3, 0.4) is 0 Å². The summed E-state index contributed by atoms with van der Waals surface area (Å²) < 4.78 is 12.4. The van der Waals surface area contributed by atoms with Crippen molar-refractivity contribution in [1.82, 2.24) is 14.5 Å². The smallest absolute Gasteiger partial charge is 0.266 e. The molecule has 1 aromatic heterocycles. The van der Waals surface area contributed by atoms with Gasteiger partial charge in [-0.3, -0.25) is 14.2 Å². The SMILES string of the molecule is CCC(c1nc2ccccc2c(=O)n1-c1ccccc1OC)N(CCCOC)C(=O)C(C)(C)CCl. The molecule has 7 nitrogen and oxygen atoms in total. The van der Waals surface area contributed by atoms with E-state index in [1.807, 2.05) is 57.2 Å². The van der Waals surface area contributed by atoms with Gasteiger partial charge in [-0.25, -0.2) is 4.98 Å². The average Bonchev–Trinajstić information content (AvgIpc) is 2.88. The van der Waals surface area contributed by atoms with Gasteiger partial charge in [0, 0.05) is 26.1 Å². The first-order valence-corrected chi connectivity index (χ1v) is 12.3. The molecule has 0 saturated heterocycles. The number of fused-ring (bicyclic) bond motifs is 1. The van der Waals surface area contributed by atoms with E-state index in [-0.39, 0.29) is 17.3 Å². The number of nitrogens with zero attached hydrogens (tertiary/aromatic N) is 3. The summed E-state index contributed by atoms with van der Waals surface area (Å²) in [5, 5.41) is 0.496. The molecule has 0 aliphatic rings. The number of amides is 1. The first-order chi connectivity index (χ1) is 16.8. The lowest BCUT2D eigenvalue weighted by atomic mass is 9.92. The van der Waals surface area contributed by atoms with E-state index in [9.17, 15) is 9.59 Å². The second-order valence-electron chi connectivity index (χ2n) is 9.09. The van der Waals surface area contributed by atoms with E-state index in [0.29, 0.717) is 54.2 Å². The molecule has 1 atom stereocenters. The lowest BCUT2D eigenvalue weighted by Crippen LogP contribution is -2.46. The van der Waals surface area contributed by atoms with Crippen molar-refractivity contribution in [3.8, 4) is 11.4 Å². The highest BCUT2D eigenvalue weighted by atomic mass is 35.5. The topological polar surface area (TPSA) is 73.7 Å². The van der Waals surface area contributed by atoms with Crippen LogP contribution in [0.15, 0.2) is 53.3 Å². The van der Waals surface area contributed by atoms with Crippen molar-refractivity contribution in [3.63, 3.8) is 0 Å². The molecule has 1 heterocycles. The molecule has 0 saturated carbocycles. The van der Waals surface area contributed by atoms with Gasteiger partial charge in [-0.1, -0.05) is 31.2 Å². The molecule has 0 N–H and O–H groups in total. The zero-order chi connectivity index (χ0) is 25.6. The fraction of sp³-hybridized carbons (Fsp3) is 0.444. The van der Waals surface area contributed by atoms with Crippen molar-refractivity contribution >= 4 is 28.4 Å². The van der Waals surface area contributed by atoms with Crippen LogP contribution in [0.4, 0.5) is 0 Å². The van der Waals surface area contributed by atoms with Gasteiger partial charge in [0.15, 0.2) is 0 Å². The maximum Gasteiger partial charge on any atom is 0.266 e. The zero-order valence-corrected chi connectivity index (χ0v) is 21.8. The largest absolute Gasteiger partial charge is 0.495 e. The standard InChI is InChI=1S/C27H34ClN3O4/c1-6-21(30(16-11-17-34-4)26(33)27(2,3)18-28)24-29-20-13-8-7-12-19(20)25(32)31(24)22-14-9-10-15-23(22)35-5/h7-10,12-15,21H,6,11,16-18H2,1-5H3. The molecule has 188 valence electrons. The summed E-state index contributed by atoms with van der Waals surface area (Å²) in [6.07, 6.45) is 1.20. The third-order valence-electron chi connectivity index (χ3n) is 6.11. The van der Waals surface area contributed by atoms with Gasteiger partial charge in [-0.05, 0) is 51.0 Å². The molecule has 0 spiro atoms. The first-order valence-electron chi connectivity index (χ1n) is 11.8. The van der Waals surface area contributed by atoms with Gasteiger partial charge < -0.3 is 14.4 Å². The normalized spacial score (nSPS) is 12.5. The Hall–Kier alpha value is -2.90. The molecule has 1 unspecified atom stereocenters. The molecule has 8 heteroatoms. The number of methoxy groups -OCH3 is 2. The van der Waals surface area contributed by atoms with Gasteiger partial charge in [-0.15, -0.1) is 11.6 Å². The number of carbonyl (C=O) groups excluding carboxylic acids is 1. The van der Waals surface area contributed by atoms with Gasteiger partial charge >= 0.3 is 0 Å². The second kappa shape index (κ2) is 11.7. The van der Waals surface area contributed by atoms with Crippen LogP contribution in [0.5, 0.6) is 5.75 Å². The summed E-state index contributed by atoms with van der Waals surface area (Å²) in [5.41, 5.74) is 0.161. The Balaban J connectivity index is 2.31. The van der Waals surface area contributed by atoms with Crippen molar-refractivity contribution < 1.29 is 14.3 Å². The molecule has 1 amide bonds. The number of aromatic nitrogens is 2. The summed E-state index contributed by atoms with van der Waals surface area (Å²) in [6.45, 7) is 6.61. The predicted molar refractivity (Wildman–Crippen MR) is 140 cm³/mol. The number of hydrogen-bond acceptors (Lipinski definition) is 5. The van der Waals surface area contributed by atoms with E-state index in [1.54, 1.807) is 35.8 Å². The predicted octanol–water partition coefficient (Wildman–Crippen LogP) is 4.98. The third-order valence-corrected chi connectivity index (χ3v) is 6.78. The quantitative estimate of drug-likeness (QED) is 0.275. The van der Waals surface area contributed by atoms with E-state index >= 15 is 0 Å². The molecular formula is C27H34ClN3O4. The Morgan fingerprint density at radius 1 is 1.14 bits per heavy atom. The van der Waals surface area contributed by atoms with Crippen LogP contribution in [-0.4, -0.2) is 53.6 Å². The molecule has 0 aliphatic carbocycles. The zero-order valence-electron chi connectivity index (χ0n) is 21.1. The van der Waals surface area contributed by atoms with Crippen molar-refractivity contribution in [1.29, 1.82) is 0 Å². The molecule has 0 aliphatic heterocycles.